The maximum absolute atomic E-state index is 13.5. The summed E-state index contributed by atoms with van der Waals surface area (Å²) in [6, 6.07) is 17.8. The van der Waals surface area contributed by atoms with Crippen LogP contribution in [0.3, 0.4) is 0 Å². The Morgan fingerprint density at radius 3 is 2.70 bits per heavy atom. The molecular weight excluding hydrogens is 486 g/mol. The number of nitrogens with one attached hydrogen (secondary N) is 3. The van der Waals surface area contributed by atoms with Gasteiger partial charge in [0, 0.05) is 36.4 Å². The standard InChI is InChI=1S/C28H29N5O3S/c1-2-22(34)32-14-12-19(16-32)30-26(35)25-24-23-21(11-13-29-27(23)37-25)33(28(36)31-24)20-10-6-9-18(15-20)17-7-4-3-5-8-17/h2-10,15,19,21,23,27,29H,1,11-14,16H2,(H,30,35)(H,31,36)/t19-,21?,23?,27?/m1/s1. The van der Waals surface area contributed by atoms with Crippen LogP contribution < -0.4 is 20.9 Å². The second-order valence-electron chi connectivity index (χ2n) is 9.78. The van der Waals surface area contributed by atoms with Gasteiger partial charge in [0.25, 0.3) is 5.91 Å². The molecule has 4 amide bonds. The van der Waals surface area contributed by atoms with Crippen molar-refractivity contribution in [3.63, 3.8) is 0 Å². The molecule has 6 rings (SSSR count). The third-order valence-electron chi connectivity index (χ3n) is 7.59. The SMILES string of the molecule is C=CC(=O)N1CC[C@@H](NC(=O)C2=C3NC(=O)N(c4cccc(-c5ccccc5)c4)C4CCNC(S2)C34)C1. The molecule has 9 heteroatoms. The van der Waals surface area contributed by atoms with Crippen LogP contribution in [0.1, 0.15) is 12.8 Å². The number of amides is 4. The number of nitrogens with zero attached hydrogens (tertiary/aromatic N) is 2. The average molecular weight is 516 g/mol. The van der Waals surface area contributed by atoms with Gasteiger partial charge in [0.2, 0.25) is 5.91 Å². The van der Waals surface area contributed by atoms with Gasteiger partial charge in [-0.05, 0) is 48.7 Å². The van der Waals surface area contributed by atoms with Crippen molar-refractivity contribution in [2.75, 3.05) is 24.5 Å². The van der Waals surface area contributed by atoms with Crippen molar-refractivity contribution in [1.82, 2.24) is 20.9 Å². The number of benzene rings is 2. The highest BCUT2D eigenvalue weighted by atomic mass is 32.2. The van der Waals surface area contributed by atoms with Crippen molar-refractivity contribution in [2.24, 2.45) is 5.92 Å². The van der Waals surface area contributed by atoms with E-state index in [1.54, 1.807) is 4.90 Å². The lowest BCUT2D eigenvalue weighted by Crippen LogP contribution is -2.62. The number of thioether (sulfide) groups is 1. The lowest BCUT2D eigenvalue weighted by Gasteiger charge is -2.45. The number of likely N-dealkylation sites (tertiary alicyclic amines) is 1. The normalized spacial score (nSPS) is 26.5. The van der Waals surface area contributed by atoms with E-state index >= 15 is 0 Å². The van der Waals surface area contributed by atoms with E-state index in [0.29, 0.717) is 30.1 Å². The van der Waals surface area contributed by atoms with Gasteiger partial charge >= 0.3 is 6.03 Å². The molecule has 2 aromatic rings. The van der Waals surface area contributed by atoms with Crippen molar-refractivity contribution in [1.29, 1.82) is 0 Å². The van der Waals surface area contributed by atoms with Crippen LogP contribution in [0.5, 0.6) is 0 Å². The van der Waals surface area contributed by atoms with E-state index in [0.717, 1.165) is 29.8 Å². The zero-order valence-corrected chi connectivity index (χ0v) is 21.2. The smallest absolute Gasteiger partial charge is 0.326 e. The molecule has 3 N–H and O–H groups in total. The van der Waals surface area contributed by atoms with Crippen molar-refractivity contribution >= 4 is 35.3 Å². The number of piperidine rings is 1. The molecule has 2 aromatic carbocycles. The summed E-state index contributed by atoms with van der Waals surface area (Å²) in [5, 5.41) is 9.71. The number of carbonyl (C=O) groups excluding carboxylic acids is 3. The fraction of sp³-hybridized carbons (Fsp3) is 0.321. The molecule has 3 fully saturated rings. The molecule has 4 aliphatic rings. The van der Waals surface area contributed by atoms with Gasteiger partial charge in [-0.3, -0.25) is 14.5 Å². The minimum atomic E-state index is -0.210. The molecule has 3 unspecified atom stereocenters. The summed E-state index contributed by atoms with van der Waals surface area (Å²) in [5.74, 6) is -0.323. The van der Waals surface area contributed by atoms with Crippen molar-refractivity contribution in [3.8, 4) is 11.1 Å². The summed E-state index contributed by atoms with van der Waals surface area (Å²) in [6.07, 6.45) is 2.80. The number of carbonyl (C=O) groups is 3. The number of anilines is 1. The van der Waals surface area contributed by atoms with Gasteiger partial charge in [-0.1, -0.05) is 60.8 Å². The Morgan fingerprint density at radius 1 is 1.08 bits per heavy atom. The van der Waals surface area contributed by atoms with Crippen LogP contribution in [-0.2, 0) is 9.59 Å². The highest BCUT2D eigenvalue weighted by Gasteiger charge is 2.51. The zero-order valence-electron chi connectivity index (χ0n) is 20.4. The van der Waals surface area contributed by atoms with Crippen LogP contribution >= 0.6 is 11.8 Å². The highest BCUT2D eigenvalue weighted by molar-refractivity contribution is 8.04. The Labute approximate surface area is 220 Å². The summed E-state index contributed by atoms with van der Waals surface area (Å²) < 4.78 is 0. The second kappa shape index (κ2) is 9.72. The van der Waals surface area contributed by atoms with E-state index in [1.165, 1.54) is 17.8 Å². The van der Waals surface area contributed by atoms with Crippen LogP contribution in [0, 0.1) is 5.92 Å². The lowest BCUT2D eigenvalue weighted by molar-refractivity contribution is -0.125. The maximum Gasteiger partial charge on any atom is 0.326 e. The number of urea groups is 1. The average Bonchev–Trinajstić information content (AvgIpc) is 3.54. The summed E-state index contributed by atoms with van der Waals surface area (Å²) >= 11 is 1.49. The van der Waals surface area contributed by atoms with E-state index in [-0.39, 0.29) is 41.2 Å². The van der Waals surface area contributed by atoms with Gasteiger partial charge in [-0.2, -0.15) is 0 Å². The van der Waals surface area contributed by atoms with Crippen LogP contribution in [0.2, 0.25) is 0 Å². The topological polar surface area (TPSA) is 93.8 Å². The Kier molecular flexibility index (Phi) is 6.26. The monoisotopic (exact) mass is 515 g/mol. The van der Waals surface area contributed by atoms with Gasteiger partial charge in [0.05, 0.1) is 16.3 Å². The Morgan fingerprint density at radius 2 is 1.89 bits per heavy atom. The molecule has 4 atom stereocenters. The van der Waals surface area contributed by atoms with Crippen LogP contribution in [0.25, 0.3) is 11.1 Å². The molecule has 8 nitrogen and oxygen atoms in total. The minimum absolute atomic E-state index is 0.0114. The summed E-state index contributed by atoms with van der Waals surface area (Å²) in [7, 11) is 0. The predicted octanol–water partition coefficient (Wildman–Crippen LogP) is 3.05. The van der Waals surface area contributed by atoms with Gasteiger partial charge < -0.3 is 20.9 Å². The second-order valence-corrected chi connectivity index (χ2v) is 10.9. The summed E-state index contributed by atoms with van der Waals surface area (Å²) in [5.41, 5.74) is 3.71. The number of hydrogen-bond donors (Lipinski definition) is 3. The van der Waals surface area contributed by atoms with Crippen LogP contribution in [0.15, 0.2) is 77.9 Å². The Hall–Kier alpha value is -3.56. The van der Waals surface area contributed by atoms with Crippen molar-refractivity contribution in [3.05, 3.63) is 77.9 Å². The summed E-state index contributed by atoms with van der Waals surface area (Å²) in [6.45, 7) is 5.38. The van der Waals surface area contributed by atoms with Gasteiger partial charge in [0.1, 0.15) is 0 Å². The maximum atomic E-state index is 13.5. The first-order chi connectivity index (χ1) is 18.0. The van der Waals surface area contributed by atoms with E-state index in [1.807, 2.05) is 35.2 Å². The van der Waals surface area contributed by atoms with Gasteiger partial charge in [-0.25, -0.2) is 4.79 Å². The molecule has 37 heavy (non-hydrogen) atoms. The molecule has 0 bridgehead atoms. The molecule has 0 aliphatic carbocycles. The molecule has 3 saturated heterocycles. The predicted molar refractivity (Wildman–Crippen MR) is 145 cm³/mol. The third-order valence-corrected chi connectivity index (χ3v) is 8.94. The molecule has 0 radical (unpaired) electrons. The minimum Gasteiger partial charge on any atom is -0.347 e. The zero-order chi connectivity index (χ0) is 25.5. The molecule has 0 saturated carbocycles. The largest absolute Gasteiger partial charge is 0.347 e. The Balaban J connectivity index is 1.25. The fourth-order valence-electron chi connectivity index (χ4n) is 5.85. The van der Waals surface area contributed by atoms with E-state index in [4.69, 9.17) is 0 Å². The highest BCUT2D eigenvalue weighted by Crippen LogP contribution is 2.48. The first kappa shape index (κ1) is 23.8. The molecule has 0 spiro atoms. The third kappa shape index (κ3) is 4.32. The first-order valence-corrected chi connectivity index (χ1v) is 13.5. The van der Waals surface area contributed by atoms with E-state index < -0.39 is 0 Å². The molecule has 4 aliphatic heterocycles. The van der Waals surface area contributed by atoms with Crippen molar-refractivity contribution < 1.29 is 14.4 Å². The summed E-state index contributed by atoms with van der Waals surface area (Å²) in [4.78, 5) is 42.9. The van der Waals surface area contributed by atoms with E-state index in [9.17, 15) is 14.4 Å². The van der Waals surface area contributed by atoms with Crippen molar-refractivity contribution in [2.45, 2.75) is 30.3 Å². The number of hydrogen-bond acceptors (Lipinski definition) is 5. The van der Waals surface area contributed by atoms with Crippen LogP contribution in [-0.4, -0.2) is 59.8 Å². The lowest BCUT2D eigenvalue weighted by atomic mass is 9.86. The first-order valence-electron chi connectivity index (χ1n) is 12.7. The number of rotatable bonds is 5. The molecular formula is C28H29N5O3S. The van der Waals surface area contributed by atoms with Crippen LogP contribution in [0.4, 0.5) is 10.5 Å². The van der Waals surface area contributed by atoms with Gasteiger partial charge in [-0.15, -0.1) is 0 Å². The molecule has 4 heterocycles. The Bertz CT molecular complexity index is 1300. The van der Waals surface area contributed by atoms with Gasteiger partial charge in [0.15, 0.2) is 0 Å². The quantitative estimate of drug-likeness (QED) is 0.533. The van der Waals surface area contributed by atoms with E-state index in [2.05, 4.69) is 46.8 Å². The fourth-order valence-corrected chi connectivity index (χ4v) is 7.25. The molecule has 0 aromatic heterocycles. The molecule has 190 valence electrons.